The summed E-state index contributed by atoms with van der Waals surface area (Å²) in [5, 5.41) is 18.5. The maximum Gasteiger partial charge on any atom is 0.130 e. The predicted molar refractivity (Wildman–Crippen MR) is 70.1 cm³/mol. The molecule has 1 aromatic heterocycles. The zero-order valence-corrected chi connectivity index (χ0v) is 11.4. The number of halogens is 1. The highest BCUT2D eigenvalue weighted by atomic mass is 19.1. The van der Waals surface area contributed by atoms with Gasteiger partial charge < -0.3 is 5.11 Å². The Hall–Kier alpha value is -1.75. The first kappa shape index (κ1) is 13.7. The molecule has 5 heteroatoms. The van der Waals surface area contributed by atoms with E-state index in [1.165, 1.54) is 12.3 Å². The second-order valence-electron chi connectivity index (χ2n) is 4.88. The molecule has 0 saturated carbocycles. The average molecular weight is 263 g/mol. The van der Waals surface area contributed by atoms with E-state index in [4.69, 9.17) is 0 Å². The standard InChI is InChI=1S/C14H18FN3O/c1-4-7-18-13(9-16-17-18)14(3,19)11-6-5-10(2)12(15)8-11/h5-6,8-9,19H,4,7H2,1-3H3. The van der Waals surface area contributed by atoms with Crippen molar-refractivity contribution in [2.45, 2.75) is 39.3 Å². The minimum absolute atomic E-state index is 0.327. The van der Waals surface area contributed by atoms with Crippen molar-refractivity contribution >= 4 is 0 Å². The molecule has 4 nitrogen and oxygen atoms in total. The first-order chi connectivity index (χ1) is 8.96. The summed E-state index contributed by atoms with van der Waals surface area (Å²) in [7, 11) is 0. The largest absolute Gasteiger partial charge is 0.379 e. The number of rotatable bonds is 4. The lowest BCUT2D eigenvalue weighted by atomic mass is 9.92. The highest BCUT2D eigenvalue weighted by Gasteiger charge is 2.30. The Morgan fingerprint density at radius 3 is 2.79 bits per heavy atom. The second kappa shape index (κ2) is 5.09. The zero-order valence-electron chi connectivity index (χ0n) is 11.4. The Labute approximate surface area is 111 Å². The van der Waals surface area contributed by atoms with Gasteiger partial charge in [0.2, 0.25) is 0 Å². The number of aliphatic hydroxyl groups is 1. The molecule has 0 saturated heterocycles. The van der Waals surface area contributed by atoms with Crippen LogP contribution in [-0.2, 0) is 12.1 Å². The molecule has 0 amide bonds. The lowest BCUT2D eigenvalue weighted by molar-refractivity contribution is 0.0910. The van der Waals surface area contributed by atoms with Gasteiger partial charge >= 0.3 is 0 Å². The van der Waals surface area contributed by atoms with Crippen molar-refractivity contribution in [3.63, 3.8) is 0 Å². The fourth-order valence-corrected chi connectivity index (χ4v) is 2.06. The van der Waals surface area contributed by atoms with Crippen LogP contribution in [0.2, 0.25) is 0 Å². The van der Waals surface area contributed by atoms with E-state index in [0.717, 1.165) is 6.42 Å². The Morgan fingerprint density at radius 2 is 2.16 bits per heavy atom. The normalized spacial score (nSPS) is 14.4. The van der Waals surface area contributed by atoms with Crippen LogP contribution in [0.15, 0.2) is 24.4 Å². The summed E-state index contributed by atoms with van der Waals surface area (Å²) < 4.78 is 15.3. The molecule has 1 heterocycles. The van der Waals surface area contributed by atoms with Crippen molar-refractivity contribution in [3.05, 3.63) is 47.0 Å². The lowest BCUT2D eigenvalue weighted by Crippen LogP contribution is -2.27. The fraction of sp³-hybridized carbons (Fsp3) is 0.429. The lowest BCUT2D eigenvalue weighted by Gasteiger charge is -2.24. The summed E-state index contributed by atoms with van der Waals surface area (Å²) in [5.41, 5.74) is 0.306. The van der Waals surface area contributed by atoms with Gasteiger partial charge in [-0.3, -0.25) is 0 Å². The molecule has 0 spiro atoms. The number of hydrogen-bond donors (Lipinski definition) is 1. The molecule has 0 fully saturated rings. The molecule has 2 rings (SSSR count). The third kappa shape index (κ3) is 2.51. The summed E-state index contributed by atoms with van der Waals surface area (Å²) >= 11 is 0. The molecule has 0 aliphatic rings. The SMILES string of the molecule is CCCn1nncc1C(C)(O)c1ccc(C)c(F)c1. The van der Waals surface area contributed by atoms with Crippen LogP contribution < -0.4 is 0 Å². The maximum atomic E-state index is 13.7. The van der Waals surface area contributed by atoms with Crippen molar-refractivity contribution in [3.8, 4) is 0 Å². The zero-order chi connectivity index (χ0) is 14.0. The van der Waals surface area contributed by atoms with Crippen molar-refractivity contribution in [2.75, 3.05) is 0 Å². The molecule has 1 unspecified atom stereocenters. The van der Waals surface area contributed by atoms with Gasteiger partial charge in [0.1, 0.15) is 11.4 Å². The number of benzene rings is 1. The van der Waals surface area contributed by atoms with E-state index in [2.05, 4.69) is 10.3 Å². The van der Waals surface area contributed by atoms with E-state index < -0.39 is 5.60 Å². The van der Waals surface area contributed by atoms with Crippen molar-refractivity contribution in [1.29, 1.82) is 0 Å². The molecule has 0 aliphatic carbocycles. The highest BCUT2D eigenvalue weighted by molar-refractivity contribution is 5.33. The summed E-state index contributed by atoms with van der Waals surface area (Å²) in [4.78, 5) is 0. The van der Waals surface area contributed by atoms with Crippen molar-refractivity contribution < 1.29 is 9.50 Å². The Bertz CT molecular complexity index is 578. The molecule has 19 heavy (non-hydrogen) atoms. The van der Waals surface area contributed by atoms with E-state index in [-0.39, 0.29) is 5.82 Å². The van der Waals surface area contributed by atoms with Gasteiger partial charge in [-0.05, 0) is 37.5 Å². The van der Waals surface area contributed by atoms with E-state index in [1.54, 1.807) is 30.7 Å². The molecule has 2 aromatic rings. The van der Waals surface area contributed by atoms with E-state index in [9.17, 15) is 9.50 Å². The Kier molecular flexibility index (Phi) is 3.66. The minimum atomic E-state index is -1.31. The minimum Gasteiger partial charge on any atom is -0.379 e. The smallest absolute Gasteiger partial charge is 0.130 e. The molecule has 0 bridgehead atoms. The Morgan fingerprint density at radius 1 is 1.42 bits per heavy atom. The van der Waals surface area contributed by atoms with Crippen molar-refractivity contribution in [2.24, 2.45) is 0 Å². The summed E-state index contributed by atoms with van der Waals surface area (Å²) in [6.45, 7) is 6.00. The van der Waals surface area contributed by atoms with E-state index in [1.807, 2.05) is 6.92 Å². The van der Waals surface area contributed by atoms with Gasteiger partial charge in [-0.1, -0.05) is 24.3 Å². The summed E-state index contributed by atoms with van der Waals surface area (Å²) in [6.07, 6.45) is 2.40. The first-order valence-corrected chi connectivity index (χ1v) is 6.34. The third-order valence-electron chi connectivity index (χ3n) is 3.29. The average Bonchev–Trinajstić information content (AvgIpc) is 2.82. The summed E-state index contributed by atoms with van der Waals surface area (Å²) in [5.74, 6) is -0.327. The quantitative estimate of drug-likeness (QED) is 0.921. The molecule has 1 atom stereocenters. The van der Waals surface area contributed by atoms with Gasteiger partial charge in [0.15, 0.2) is 0 Å². The van der Waals surface area contributed by atoms with Crippen LogP contribution in [0.1, 0.15) is 37.1 Å². The van der Waals surface area contributed by atoms with Gasteiger partial charge in [-0.2, -0.15) is 0 Å². The fourth-order valence-electron chi connectivity index (χ4n) is 2.06. The monoisotopic (exact) mass is 263 g/mol. The summed E-state index contributed by atoms with van der Waals surface area (Å²) in [6, 6.07) is 4.74. The molecule has 1 aromatic carbocycles. The van der Waals surface area contributed by atoms with Crippen LogP contribution in [0.3, 0.4) is 0 Å². The molecule has 1 N–H and O–H groups in total. The van der Waals surface area contributed by atoms with Gasteiger partial charge in [0, 0.05) is 6.54 Å². The van der Waals surface area contributed by atoms with Crippen LogP contribution in [-0.4, -0.2) is 20.1 Å². The predicted octanol–water partition coefficient (Wildman–Crippen LogP) is 2.39. The molecule has 0 aliphatic heterocycles. The molecular weight excluding hydrogens is 245 g/mol. The Balaban J connectivity index is 2.45. The molecule has 0 radical (unpaired) electrons. The van der Waals surface area contributed by atoms with Gasteiger partial charge in [0.25, 0.3) is 0 Å². The van der Waals surface area contributed by atoms with Crippen LogP contribution in [0.25, 0.3) is 0 Å². The number of aryl methyl sites for hydroxylation is 2. The number of nitrogens with zero attached hydrogens (tertiary/aromatic N) is 3. The highest BCUT2D eigenvalue weighted by Crippen LogP contribution is 2.29. The van der Waals surface area contributed by atoms with Crippen LogP contribution in [0.5, 0.6) is 0 Å². The van der Waals surface area contributed by atoms with Gasteiger partial charge in [-0.25, -0.2) is 9.07 Å². The molecular formula is C14H18FN3O. The topological polar surface area (TPSA) is 50.9 Å². The van der Waals surface area contributed by atoms with E-state index >= 15 is 0 Å². The van der Waals surface area contributed by atoms with Crippen molar-refractivity contribution in [1.82, 2.24) is 15.0 Å². The molecule has 102 valence electrons. The van der Waals surface area contributed by atoms with Gasteiger partial charge in [0.05, 0.1) is 11.9 Å². The number of aromatic nitrogens is 3. The van der Waals surface area contributed by atoms with Crippen LogP contribution >= 0.6 is 0 Å². The van der Waals surface area contributed by atoms with E-state index in [0.29, 0.717) is 23.4 Å². The maximum absolute atomic E-state index is 13.7. The first-order valence-electron chi connectivity index (χ1n) is 6.34. The van der Waals surface area contributed by atoms with Crippen LogP contribution in [0.4, 0.5) is 4.39 Å². The number of hydrogen-bond acceptors (Lipinski definition) is 3. The van der Waals surface area contributed by atoms with Gasteiger partial charge in [-0.15, -0.1) is 5.10 Å². The van der Waals surface area contributed by atoms with Crippen LogP contribution in [0, 0.1) is 12.7 Å². The second-order valence-corrected chi connectivity index (χ2v) is 4.88. The third-order valence-corrected chi connectivity index (χ3v) is 3.29.